The SMILES string of the molecule is CC(O)NC(=O)c1ccc(CI)cc1. The predicted molar refractivity (Wildman–Crippen MR) is 63.3 cm³/mol. The molecule has 1 rings (SSSR count). The van der Waals surface area contributed by atoms with Gasteiger partial charge in [-0.2, -0.15) is 0 Å². The van der Waals surface area contributed by atoms with Gasteiger partial charge in [0.15, 0.2) is 0 Å². The summed E-state index contributed by atoms with van der Waals surface area (Å²) in [5.74, 6) is -0.250. The van der Waals surface area contributed by atoms with Crippen molar-refractivity contribution in [1.82, 2.24) is 5.32 Å². The molecule has 0 radical (unpaired) electrons. The number of aliphatic hydroxyl groups is 1. The second-order valence-electron chi connectivity index (χ2n) is 2.98. The van der Waals surface area contributed by atoms with Crippen molar-refractivity contribution in [3.05, 3.63) is 35.4 Å². The van der Waals surface area contributed by atoms with Crippen LogP contribution in [0.25, 0.3) is 0 Å². The van der Waals surface area contributed by atoms with E-state index < -0.39 is 6.23 Å². The van der Waals surface area contributed by atoms with Gasteiger partial charge in [0.05, 0.1) is 0 Å². The second kappa shape index (κ2) is 5.31. The minimum absolute atomic E-state index is 0.250. The van der Waals surface area contributed by atoms with E-state index in [1.54, 1.807) is 12.1 Å². The van der Waals surface area contributed by atoms with Crippen molar-refractivity contribution in [1.29, 1.82) is 0 Å². The molecule has 2 N–H and O–H groups in total. The summed E-state index contributed by atoms with van der Waals surface area (Å²) in [6.07, 6.45) is -0.813. The molecule has 0 heterocycles. The van der Waals surface area contributed by atoms with Crippen molar-refractivity contribution >= 4 is 28.5 Å². The van der Waals surface area contributed by atoms with Gasteiger partial charge in [-0.3, -0.25) is 4.79 Å². The first kappa shape index (κ1) is 11.5. The van der Waals surface area contributed by atoms with E-state index in [9.17, 15) is 4.79 Å². The summed E-state index contributed by atoms with van der Waals surface area (Å²) in [5, 5.41) is 11.4. The molecule has 0 fully saturated rings. The molecule has 3 nitrogen and oxygen atoms in total. The molecule has 0 aliphatic rings. The molecule has 0 aromatic heterocycles. The molecule has 76 valence electrons. The third-order valence-electron chi connectivity index (χ3n) is 1.71. The van der Waals surface area contributed by atoms with Crippen molar-refractivity contribution < 1.29 is 9.90 Å². The van der Waals surface area contributed by atoms with Crippen LogP contribution in [0.2, 0.25) is 0 Å². The van der Waals surface area contributed by atoms with Crippen molar-refractivity contribution in [2.45, 2.75) is 17.6 Å². The number of hydrogen-bond donors (Lipinski definition) is 2. The predicted octanol–water partition coefficient (Wildman–Crippen LogP) is 1.69. The van der Waals surface area contributed by atoms with Crippen molar-refractivity contribution in [2.24, 2.45) is 0 Å². The van der Waals surface area contributed by atoms with Crippen LogP contribution < -0.4 is 5.32 Å². The molecule has 0 saturated heterocycles. The van der Waals surface area contributed by atoms with Crippen molar-refractivity contribution in [3.8, 4) is 0 Å². The lowest BCUT2D eigenvalue weighted by Gasteiger charge is -2.07. The first-order chi connectivity index (χ1) is 6.63. The quantitative estimate of drug-likeness (QED) is 0.507. The Morgan fingerprint density at radius 1 is 1.50 bits per heavy atom. The van der Waals surface area contributed by atoms with Crippen LogP contribution in [-0.2, 0) is 4.43 Å². The smallest absolute Gasteiger partial charge is 0.253 e. The number of carbonyl (C=O) groups excluding carboxylic acids is 1. The topological polar surface area (TPSA) is 49.3 Å². The van der Waals surface area contributed by atoms with E-state index >= 15 is 0 Å². The van der Waals surface area contributed by atoms with Gasteiger partial charge in [0.1, 0.15) is 6.23 Å². The first-order valence-electron chi connectivity index (χ1n) is 4.27. The Bertz CT molecular complexity index is 308. The summed E-state index contributed by atoms with van der Waals surface area (Å²) in [7, 11) is 0. The van der Waals surface area contributed by atoms with E-state index in [4.69, 9.17) is 5.11 Å². The maximum atomic E-state index is 11.4. The van der Waals surface area contributed by atoms with E-state index in [2.05, 4.69) is 27.9 Å². The lowest BCUT2D eigenvalue weighted by molar-refractivity contribution is 0.0819. The number of hydrogen-bond acceptors (Lipinski definition) is 2. The Labute approximate surface area is 96.7 Å². The van der Waals surface area contributed by atoms with Crippen LogP contribution in [0.3, 0.4) is 0 Å². The highest BCUT2D eigenvalue weighted by molar-refractivity contribution is 14.1. The van der Waals surface area contributed by atoms with Crippen LogP contribution in [0.15, 0.2) is 24.3 Å². The maximum Gasteiger partial charge on any atom is 0.253 e. The van der Waals surface area contributed by atoms with E-state index in [0.29, 0.717) is 5.56 Å². The summed E-state index contributed by atoms with van der Waals surface area (Å²) in [5.41, 5.74) is 1.75. The van der Waals surface area contributed by atoms with Gasteiger partial charge in [0, 0.05) is 9.99 Å². The molecule has 1 amide bonds. The number of benzene rings is 1. The van der Waals surface area contributed by atoms with Crippen LogP contribution >= 0.6 is 22.6 Å². The minimum Gasteiger partial charge on any atom is -0.374 e. The van der Waals surface area contributed by atoms with Gasteiger partial charge in [0.2, 0.25) is 0 Å². The lowest BCUT2D eigenvalue weighted by atomic mass is 10.1. The van der Waals surface area contributed by atoms with Gasteiger partial charge >= 0.3 is 0 Å². The Kier molecular flexibility index (Phi) is 4.34. The number of alkyl halides is 1. The molecule has 0 saturated carbocycles. The van der Waals surface area contributed by atoms with E-state index in [1.807, 2.05) is 12.1 Å². The Balaban J connectivity index is 2.71. The van der Waals surface area contributed by atoms with Gasteiger partial charge in [-0.25, -0.2) is 0 Å². The molecule has 14 heavy (non-hydrogen) atoms. The zero-order valence-corrected chi connectivity index (χ0v) is 9.98. The fraction of sp³-hybridized carbons (Fsp3) is 0.300. The zero-order valence-electron chi connectivity index (χ0n) is 7.83. The zero-order chi connectivity index (χ0) is 10.6. The highest BCUT2D eigenvalue weighted by atomic mass is 127. The molecule has 0 spiro atoms. The van der Waals surface area contributed by atoms with Crippen molar-refractivity contribution in [2.75, 3.05) is 0 Å². The van der Waals surface area contributed by atoms with Crippen molar-refractivity contribution in [3.63, 3.8) is 0 Å². The normalized spacial score (nSPS) is 12.2. The fourth-order valence-electron chi connectivity index (χ4n) is 1.02. The lowest BCUT2D eigenvalue weighted by Crippen LogP contribution is -2.31. The summed E-state index contributed by atoms with van der Waals surface area (Å²) in [6.45, 7) is 1.51. The molecule has 1 aromatic rings. The standard InChI is InChI=1S/C10H12INO2/c1-7(13)12-10(14)9-4-2-8(6-11)3-5-9/h2-5,7,13H,6H2,1H3,(H,12,14). The van der Waals surface area contributed by atoms with Gasteiger partial charge in [-0.05, 0) is 24.6 Å². The summed E-state index contributed by atoms with van der Waals surface area (Å²) in [6, 6.07) is 7.32. The molecule has 0 bridgehead atoms. The Morgan fingerprint density at radius 3 is 2.50 bits per heavy atom. The van der Waals surface area contributed by atoms with E-state index in [1.165, 1.54) is 12.5 Å². The summed E-state index contributed by atoms with van der Waals surface area (Å²) in [4.78, 5) is 11.4. The third kappa shape index (κ3) is 3.26. The molecule has 0 aliphatic carbocycles. The number of amides is 1. The average molecular weight is 305 g/mol. The number of halogens is 1. The van der Waals surface area contributed by atoms with Gasteiger partial charge in [-0.1, -0.05) is 34.7 Å². The monoisotopic (exact) mass is 305 g/mol. The molecule has 1 unspecified atom stereocenters. The van der Waals surface area contributed by atoms with Gasteiger partial charge in [0.25, 0.3) is 5.91 Å². The van der Waals surface area contributed by atoms with Crippen LogP contribution in [0.5, 0.6) is 0 Å². The number of aliphatic hydroxyl groups excluding tert-OH is 1. The average Bonchev–Trinajstić information content (AvgIpc) is 2.17. The van der Waals surface area contributed by atoms with E-state index in [0.717, 1.165) is 4.43 Å². The highest BCUT2D eigenvalue weighted by Crippen LogP contribution is 2.08. The second-order valence-corrected chi connectivity index (χ2v) is 3.74. The minimum atomic E-state index is -0.813. The summed E-state index contributed by atoms with van der Waals surface area (Å²) < 4.78 is 0.927. The molecular formula is C10H12INO2. The molecule has 0 aliphatic heterocycles. The van der Waals surface area contributed by atoms with Gasteiger partial charge < -0.3 is 10.4 Å². The number of nitrogens with one attached hydrogen (secondary N) is 1. The van der Waals surface area contributed by atoms with Crippen LogP contribution in [0, 0.1) is 0 Å². The fourth-order valence-corrected chi connectivity index (χ4v) is 1.53. The van der Waals surface area contributed by atoms with E-state index in [-0.39, 0.29) is 5.91 Å². The highest BCUT2D eigenvalue weighted by Gasteiger charge is 2.06. The van der Waals surface area contributed by atoms with Crippen LogP contribution in [0.1, 0.15) is 22.8 Å². The molecule has 1 atom stereocenters. The van der Waals surface area contributed by atoms with Gasteiger partial charge in [-0.15, -0.1) is 0 Å². The first-order valence-corrected chi connectivity index (χ1v) is 5.80. The molecular weight excluding hydrogens is 293 g/mol. The largest absolute Gasteiger partial charge is 0.374 e. The maximum absolute atomic E-state index is 11.4. The third-order valence-corrected chi connectivity index (χ3v) is 2.59. The number of carbonyl (C=O) groups is 1. The number of rotatable bonds is 3. The molecule has 1 aromatic carbocycles. The summed E-state index contributed by atoms with van der Waals surface area (Å²) >= 11 is 2.26. The van der Waals surface area contributed by atoms with Crippen LogP contribution in [-0.4, -0.2) is 17.2 Å². The Hall–Kier alpha value is -0.620. The molecule has 4 heteroatoms. The Morgan fingerprint density at radius 2 is 2.07 bits per heavy atom. The van der Waals surface area contributed by atoms with Crippen LogP contribution in [0.4, 0.5) is 0 Å².